The molecule has 0 aromatic rings. The molecule has 0 atom stereocenters. The molecule has 0 aromatic carbocycles. The van der Waals surface area contributed by atoms with Crippen molar-refractivity contribution >= 4 is 5.91 Å². The van der Waals surface area contributed by atoms with Crippen molar-refractivity contribution in [2.45, 2.75) is 31.7 Å². The second-order valence-corrected chi connectivity index (χ2v) is 3.30. The molecular weight excluding hydrogens is 166 g/mol. The van der Waals surface area contributed by atoms with Crippen LogP contribution in [0.2, 0.25) is 0 Å². The quantitative estimate of drug-likeness (QED) is 0.637. The molecule has 0 aromatic heterocycles. The van der Waals surface area contributed by atoms with Gasteiger partial charge >= 0.3 is 0 Å². The van der Waals surface area contributed by atoms with E-state index in [0.29, 0.717) is 19.0 Å². The molecule has 1 fully saturated rings. The van der Waals surface area contributed by atoms with E-state index in [-0.39, 0.29) is 12.5 Å². The van der Waals surface area contributed by atoms with E-state index in [4.69, 9.17) is 11.5 Å². The monoisotopic (exact) mass is 181 g/mol. The summed E-state index contributed by atoms with van der Waals surface area (Å²) < 4.78 is 0. The lowest BCUT2D eigenvalue weighted by Gasteiger charge is -2.36. The van der Waals surface area contributed by atoms with Crippen molar-refractivity contribution in [2.24, 2.45) is 0 Å². The van der Waals surface area contributed by atoms with Gasteiger partial charge in [0.2, 0.25) is 0 Å². The molecule has 1 aliphatic carbocycles. The Balaban J connectivity index is 2.43. The smallest absolute Gasteiger partial charge is 0.298 e. The summed E-state index contributed by atoms with van der Waals surface area (Å²) in [5.41, 5.74) is 0. The predicted molar refractivity (Wildman–Crippen MR) is 49.9 cm³/mol. The average molecular weight is 181 g/mol. The van der Waals surface area contributed by atoms with Crippen LogP contribution >= 0.6 is 0 Å². The summed E-state index contributed by atoms with van der Waals surface area (Å²) in [6.45, 7) is 0.700. The minimum absolute atomic E-state index is 0.112. The van der Waals surface area contributed by atoms with Crippen LogP contribution in [0.15, 0.2) is 0 Å². The zero-order valence-corrected chi connectivity index (χ0v) is 7.70. The van der Waals surface area contributed by atoms with Crippen molar-refractivity contribution in [1.29, 1.82) is 0 Å². The highest BCUT2D eigenvalue weighted by molar-refractivity contribution is 5.93. The van der Waals surface area contributed by atoms with Crippen molar-refractivity contribution in [3.63, 3.8) is 0 Å². The standard InChI is InChI=1S/C10H15NO2/c1-2-10(13)11(7-4-8-12)9-5-3-6-9/h1,9,12H,3-8H2. The molecule has 3 heteroatoms. The van der Waals surface area contributed by atoms with E-state index in [9.17, 15) is 4.79 Å². The molecule has 0 bridgehead atoms. The summed E-state index contributed by atoms with van der Waals surface area (Å²) in [6.07, 6.45) is 8.96. The van der Waals surface area contributed by atoms with Crippen molar-refractivity contribution < 1.29 is 9.90 Å². The van der Waals surface area contributed by atoms with Crippen LogP contribution in [-0.2, 0) is 4.79 Å². The van der Waals surface area contributed by atoms with Crippen molar-refractivity contribution in [3.8, 4) is 12.3 Å². The maximum atomic E-state index is 11.3. The average Bonchev–Trinajstić information content (AvgIpc) is 2.07. The molecule has 1 N–H and O–H groups in total. The lowest BCUT2D eigenvalue weighted by molar-refractivity contribution is -0.129. The second-order valence-electron chi connectivity index (χ2n) is 3.30. The Morgan fingerprint density at radius 2 is 2.31 bits per heavy atom. The Kier molecular flexibility index (Phi) is 3.78. The molecule has 0 radical (unpaired) electrons. The summed E-state index contributed by atoms with van der Waals surface area (Å²) in [5.74, 6) is 1.89. The van der Waals surface area contributed by atoms with Crippen LogP contribution in [0.25, 0.3) is 0 Å². The zero-order valence-electron chi connectivity index (χ0n) is 7.70. The SMILES string of the molecule is C#CC(=O)N(CCCO)C1CCC1. The van der Waals surface area contributed by atoms with E-state index in [0.717, 1.165) is 12.8 Å². The fraction of sp³-hybridized carbons (Fsp3) is 0.700. The number of nitrogens with zero attached hydrogens (tertiary/aromatic N) is 1. The fourth-order valence-corrected chi connectivity index (χ4v) is 1.47. The summed E-state index contributed by atoms with van der Waals surface area (Å²) in [4.78, 5) is 13.0. The van der Waals surface area contributed by atoms with Gasteiger partial charge in [-0.25, -0.2) is 0 Å². The van der Waals surface area contributed by atoms with Crippen molar-refractivity contribution in [2.75, 3.05) is 13.2 Å². The van der Waals surface area contributed by atoms with Crippen molar-refractivity contribution in [1.82, 2.24) is 4.90 Å². The number of aliphatic hydroxyl groups is 1. The molecule has 1 rings (SSSR count). The number of amides is 1. The van der Waals surface area contributed by atoms with Gasteiger partial charge < -0.3 is 10.0 Å². The van der Waals surface area contributed by atoms with Gasteiger partial charge in [0.25, 0.3) is 5.91 Å². The molecule has 72 valence electrons. The molecule has 0 unspecified atom stereocenters. The molecule has 0 spiro atoms. The van der Waals surface area contributed by atoms with Gasteiger partial charge in [-0.3, -0.25) is 4.79 Å². The first kappa shape index (κ1) is 10.1. The highest BCUT2D eigenvalue weighted by atomic mass is 16.3. The van der Waals surface area contributed by atoms with Crippen LogP contribution in [0, 0.1) is 12.3 Å². The Morgan fingerprint density at radius 3 is 2.69 bits per heavy atom. The number of carbonyl (C=O) groups is 1. The molecule has 0 aliphatic heterocycles. The zero-order chi connectivity index (χ0) is 9.68. The fourth-order valence-electron chi connectivity index (χ4n) is 1.47. The third-order valence-electron chi connectivity index (χ3n) is 2.46. The topological polar surface area (TPSA) is 40.5 Å². The predicted octanol–water partition coefficient (Wildman–Crippen LogP) is 0.383. The summed E-state index contributed by atoms with van der Waals surface area (Å²) in [7, 11) is 0. The first-order chi connectivity index (χ1) is 6.29. The van der Waals surface area contributed by atoms with Crippen LogP contribution in [0.5, 0.6) is 0 Å². The van der Waals surface area contributed by atoms with E-state index in [2.05, 4.69) is 5.92 Å². The van der Waals surface area contributed by atoms with Gasteiger partial charge in [0.15, 0.2) is 0 Å². The van der Waals surface area contributed by atoms with Crippen LogP contribution in [0.4, 0.5) is 0 Å². The summed E-state index contributed by atoms with van der Waals surface area (Å²) >= 11 is 0. The number of terminal acetylenes is 1. The maximum absolute atomic E-state index is 11.3. The lowest BCUT2D eigenvalue weighted by atomic mass is 9.91. The Bertz CT molecular complexity index is 215. The number of rotatable bonds is 4. The van der Waals surface area contributed by atoms with Crippen LogP contribution in [-0.4, -0.2) is 35.1 Å². The van der Waals surface area contributed by atoms with E-state index in [1.165, 1.54) is 6.42 Å². The molecule has 1 aliphatic rings. The van der Waals surface area contributed by atoms with Crippen LogP contribution in [0.3, 0.4) is 0 Å². The number of carbonyl (C=O) groups excluding carboxylic acids is 1. The summed E-state index contributed by atoms with van der Waals surface area (Å²) in [5, 5.41) is 8.65. The largest absolute Gasteiger partial charge is 0.396 e. The number of hydrogen-bond donors (Lipinski definition) is 1. The Morgan fingerprint density at radius 1 is 1.62 bits per heavy atom. The van der Waals surface area contributed by atoms with Gasteiger partial charge in [-0.15, -0.1) is 6.42 Å². The van der Waals surface area contributed by atoms with E-state index < -0.39 is 0 Å². The first-order valence-electron chi connectivity index (χ1n) is 4.67. The normalized spacial score (nSPS) is 16.0. The molecule has 1 saturated carbocycles. The molecular formula is C10H15NO2. The molecule has 13 heavy (non-hydrogen) atoms. The van der Waals surface area contributed by atoms with Gasteiger partial charge in [0, 0.05) is 19.2 Å². The maximum Gasteiger partial charge on any atom is 0.298 e. The number of hydrogen-bond acceptors (Lipinski definition) is 2. The Hall–Kier alpha value is -1.01. The van der Waals surface area contributed by atoms with Crippen LogP contribution < -0.4 is 0 Å². The van der Waals surface area contributed by atoms with Gasteiger partial charge in [0.05, 0.1) is 0 Å². The van der Waals surface area contributed by atoms with Gasteiger partial charge in [-0.2, -0.15) is 0 Å². The van der Waals surface area contributed by atoms with E-state index >= 15 is 0 Å². The van der Waals surface area contributed by atoms with Gasteiger partial charge in [0.1, 0.15) is 0 Å². The second kappa shape index (κ2) is 4.88. The van der Waals surface area contributed by atoms with E-state index in [1.807, 2.05) is 0 Å². The van der Waals surface area contributed by atoms with Crippen LogP contribution in [0.1, 0.15) is 25.7 Å². The summed E-state index contributed by atoms with van der Waals surface area (Å²) in [6, 6.07) is 0.329. The first-order valence-corrected chi connectivity index (χ1v) is 4.67. The highest BCUT2D eigenvalue weighted by Crippen LogP contribution is 2.24. The Labute approximate surface area is 78.7 Å². The number of aliphatic hydroxyl groups excluding tert-OH is 1. The molecule has 0 heterocycles. The van der Waals surface area contributed by atoms with E-state index in [1.54, 1.807) is 4.90 Å². The third kappa shape index (κ3) is 2.46. The minimum Gasteiger partial charge on any atom is -0.396 e. The molecule has 1 amide bonds. The van der Waals surface area contributed by atoms with Crippen molar-refractivity contribution in [3.05, 3.63) is 0 Å². The minimum atomic E-state index is -0.238. The third-order valence-corrected chi connectivity index (χ3v) is 2.46. The highest BCUT2D eigenvalue weighted by Gasteiger charge is 2.27. The van der Waals surface area contributed by atoms with Gasteiger partial charge in [-0.1, -0.05) is 0 Å². The lowest BCUT2D eigenvalue weighted by Crippen LogP contribution is -2.44. The van der Waals surface area contributed by atoms with Gasteiger partial charge in [-0.05, 0) is 31.6 Å². The molecule has 3 nitrogen and oxygen atoms in total. The molecule has 0 saturated heterocycles.